The van der Waals surface area contributed by atoms with Crippen LogP contribution >= 0.6 is 0 Å². The van der Waals surface area contributed by atoms with E-state index in [9.17, 15) is 9.90 Å². The SMILES string of the molecule is CC(C)(C)OC(=O)N1CC(O)CCC1c1ccccc1. The molecule has 2 atom stereocenters. The number of benzene rings is 1. The van der Waals surface area contributed by atoms with Gasteiger partial charge in [-0.05, 0) is 39.2 Å². The van der Waals surface area contributed by atoms with Crippen molar-refractivity contribution in [1.29, 1.82) is 0 Å². The molecular weight excluding hydrogens is 254 g/mol. The molecule has 1 aliphatic heterocycles. The van der Waals surface area contributed by atoms with Gasteiger partial charge in [0.1, 0.15) is 5.60 Å². The molecule has 0 aliphatic carbocycles. The molecule has 2 unspecified atom stereocenters. The molecule has 0 saturated carbocycles. The van der Waals surface area contributed by atoms with E-state index >= 15 is 0 Å². The van der Waals surface area contributed by atoms with Crippen molar-refractivity contribution in [1.82, 2.24) is 4.90 Å². The number of nitrogens with zero attached hydrogens (tertiary/aromatic N) is 1. The molecule has 1 aromatic carbocycles. The summed E-state index contributed by atoms with van der Waals surface area (Å²) in [5.74, 6) is 0. The van der Waals surface area contributed by atoms with Crippen LogP contribution in [-0.4, -0.2) is 34.3 Å². The molecule has 0 spiro atoms. The number of carbonyl (C=O) groups is 1. The summed E-state index contributed by atoms with van der Waals surface area (Å²) in [6.07, 6.45) is 0.635. The monoisotopic (exact) mass is 277 g/mol. The summed E-state index contributed by atoms with van der Waals surface area (Å²) in [5, 5.41) is 9.84. The van der Waals surface area contributed by atoms with Crippen LogP contribution in [0.2, 0.25) is 0 Å². The molecule has 20 heavy (non-hydrogen) atoms. The number of ether oxygens (including phenoxy) is 1. The van der Waals surface area contributed by atoms with Crippen molar-refractivity contribution in [2.24, 2.45) is 0 Å². The number of hydrogen-bond acceptors (Lipinski definition) is 3. The van der Waals surface area contributed by atoms with Crippen LogP contribution < -0.4 is 0 Å². The van der Waals surface area contributed by atoms with Gasteiger partial charge in [0.2, 0.25) is 0 Å². The van der Waals surface area contributed by atoms with Gasteiger partial charge in [-0.15, -0.1) is 0 Å². The van der Waals surface area contributed by atoms with E-state index in [4.69, 9.17) is 4.74 Å². The van der Waals surface area contributed by atoms with Crippen LogP contribution in [0.5, 0.6) is 0 Å². The van der Waals surface area contributed by atoms with Crippen molar-refractivity contribution < 1.29 is 14.6 Å². The molecule has 1 amide bonds. The summed E-state index contributed by atoms with van der Waals surface area (Å²) in [7, 11) is 0. The number of likely N-dealkylation sites (tertiary alicyclic amines) is 1. The third kappa shape index (κ3) is 3.73. The summed E-state index contributed by atoms with van der Waals surface area (Å²) in [4.78, 5) is 14.0. The first-order valence-corrected chi connectivity index (χ1v) is 7.09. The molecule has 1 aliphatic rings. The number of piperidine rings is 1. The lowest BCUT2D eigenvalue weighted by Gasteiger charge is -2.38. The predicted octanol–water partition coefficient (Wildman–Crippen LogP) is 3.12. The summed E-state index contributed by atoms with van der Waals surface area (Å²) < 4.78 is 5.45. The smallest absolute Gasteiger partial charge is 0.410 e. The third-order valence-corrected chi connectivity index (χ3v) is 3.37. The van der Waals surface area contributed by atoms with Crippen molar-refractivity contribution >= 4 is 6.09 Å². The number of aliphatic hydroxyl groups is 1. The van der Waals surface area contributed by atoms with Crippen molar-refractivity contribution in [2.75, 3.05) is 6.54 Å². The van der Waals surface area contributed by atoms with Gasteiger partial charge in [-0.2, -0.15) is 0 Å². The molecule has 110 valence electrons. The number of β-amino-alcohol motifs (C(OH)–C–C–N with tert-alkyl or cyclic N) is 1. The van der Waals surface area contributed by atoms with E-state index in [1.165, 1.54) is 0 Å². The molecule has 2 rings (SSSR count). The topological polar surface area (TPSA) is 49.8 Å². The second-order valence-electron chi connectivity index (χ2n) is 6.29. The van der Waals surface area contributed by atoms with E-state index in [0.29, 0.717) is 13.0 Å². The third-order valence-electron chi connectivity index (χ3n) is 3.37. The molecule has 4 heteroatoms. The van der Waals surface area contributed by atoms with Gasteiger partial charge in [-0.1, -0.05) is 30.3 Å². The van der Waals surface area contributed by atoms with Crippen LogP contribution in [0.25, 0.3) is 0 Å². The molecular formula is C16H23NO3. The Morgan fingerprint density at radius 1 is 1.25 bits per heavy atom. The first-order valence-electron chi connectivity index (χ1n) is 7.09. The molecule has 0 radical (unpaired) electrons. The maximum atomic E-state index is 12.3. The normalized spacial score (nSPS) is 23.5. The second-order valence-corrected chi connectivity index (χ2v) is 6.29. The van der Waals surface area contributed by atoms with Crippen LogP contribution in [0.3, 0.4) is 0 Å². The van der Waals surface area contributed by atoms with Crippen molar-refractivity contribution in [3.63, 3.8) is 0 Å². The van der Waals surface area contributed by atoms with Gasteiger partial charge in [0, 0.05) is 0 Å². The molecule has 4 nitrogen and oxygen atoms in total. The highest BCUT2D eigenvalue weighted by atomic mass is 16.6. The maximum Gasteiger partial charge on any atom is 0.410 e. The fraction of sp³-hybridized carbons (Fsp3) is 0.562. The van der Waals surface area contributed by atoms with Crippen LogP contribution in [0.1, 0.15) is 45.2 Å². The zero-order valence-electron chi connectivity index (χ0n) is 12.4. The van der Waals surface area contributed by atoms with Gasteiger partial charge < -0.3 is 9.84 Å². The highest BCUT2D eigenvalue weighted by Gasteiger charge is 2.34. The van der Waals surface area contributed by atoms with Crippen LogP contribution in [-0.2, 0) is 4.74 Å². The highest BCUT2D eigenvalue weighted by Crippen LogP contribution is 2.32. The average Bonchev–Trinajstić information content (AvgIpc) is 2.37. The summed E-state index contributed by atoms with van der Waals surface area (Å²) >= 11 is 0. The lowest BCUT2D eigenvalue weighted by molar-refractivity contribution is -0.0134. The van der Waals surface area contributed by atoms with Gasteiger partial charge in [-0.3, -0.25) is 4.90 Å². The Labute approximate surface area is 120 Å². The van der Waals surface area contributed by atoms with Crippen molar-refractivity contribution in [3.05, 3.63) is 35.9 Å². The van der Waals surface area contributed by atoms with Crippen molar-refractivity contribution in [3.8, 4) is 0 Å². The standard InChI is InChI=1S/C16H23NO3/c1-16(2,3)20-15(19)17-11-13(18)9-10-14(17)12-7-5-4-6-8-12/h4-8,13-14,18H,9-11H2,1-3H3. The molecule has 1 saturated heterocycles. The second kappa shape index (κ2) is 5.83. The fourth-order valence-corrected chi connectivity index (χ4v) is 2.50. The Kier molecular flexibility index (Phi) is 4.33. The first-order chi connectivity index (χ1) is 9.37. The summed E-state index contributed by atoms with van der Waals surface area (Å²) in [6, 6.07) is 9.90. The van der Waals surface area contributed by atoms with E-state index in [2.05, 4.69) is 0 Å². The Bertz CT molecular complexity index is 453. The van der Waals surface area contributed by atoms with Crippen LogP contribution in [0, 0.1) is 0 Å². The molecule has 1 heterocycles. The zero-order chi connectivity index (χ0) is 14.8. The maximum absolute atomic E-state index is 12.3. The fourth-order valence-electron chi connectivity index (χ4n) is 2.50. The summed E-state index contributed by atoms with van der Waals surface area (Å²) in [6.45, 7) is 5.88. The Hall–Kier alpha value is -1.55. The Morgan fingerprint density at radius 3 is 2.50 bits per heavy atom. The zero-order valence-corrected chi connectivity index (χ0v) is 12.4. The van der Waals surface area contributed by atoms with Gasteiger partial charge in [-0.25, -0.2) is 4.79 Å². The Morgan fingerprint density at radius 2 is 1.90 bits per heavy atom. The van der Waals surface area contributed by atoms with Gasteiger partial charge in [0.05, 0.1) is 18.7 Å². The largest absolute Gasteiger partial charge is 0.444 e. The van der Waals surface area contributed by atoms with Gasteiger partial charge in [0.15, 0.2) is 0 Å². The number of hydrogen-bond donors (Lipinski definition) is 1. The number of amides is 1. The number of rotatable bonds is 1. The average molecular weight is 277 g/mol. The predicted molar refractivity (Wildman–Crippen MR) is 77.4 cm³/mol. The quantitative estimate of drug-likeness (QED) is 0.858. The van der Waals surface area contributed by atoms with E-state index < -0.39 is 11.7 Å². The molecule has 1 fully saturated rings. The van der Waals surface area contributed by atoms with Crippen LogP contribution in [0.15, 0.2) is 30.3 Å². The lowest BCUT2D eigenvalue weighted by atomic mass is 9.94. The molecule has 0 bridgehead atoms. The van der Waals surface area contributed by atoms with E-state index in [-0.39, 0.29) is 12.1 Å². The van der Waals surface area contributed by atoms with Crippen LogP contribution in [0.4, 0.5) is 4.79 Å². The van der Waals surface area contributed by atoms with E-state index in [1.54, 1.807) is 4.90 Å². The first kappa shape index (κ1) is 14.9. The minimum atomic E-state index is -0.527. The number of aliphatic hydroxyl groups excluding tert-OH is 1. The Balaban J connectivity index is 2.19. The highest BCUT2D eigenvalue weighted by molar-refractivity contribution is 5.69. The molecule has 1 aromatic rings. The van der Waals surface area contributed by atoms with E-state index in [1.807, 2.05) is 51.1 Å². The minimum absolute atomic E-state index is 0.0190. The van der Waals surface area contributed by atoms with Gasteiger partial charge >= 0.3 is 6.09 Å². The van der Waals surface area contributed by atoms with Crippen molar-refractivity contribution in [2.45, 2.75) is 51.4 Å². The summed E-state index contributed by atoms with van der Waals surface area (Å²) in [5.41, 5.74) is 0.561. The van der Waals surface area contributed by atoms with Gasteiger partial charge in [0.25, 0.3) is 0 Å². The lowest BCUT2D eigenvalue weighted by Crippen LogP contribution is -2.46. The number of carbonyl (C=O) groups excluding carboxylic acids is 1. The van der Waals surface area contributed by atoms with E-state index in [0.717, 1.165) is 12.0 Å². The molecule has 0 aromatic heterocycles. The molecule has 1 N–H and O–H groups in total. The minimum Gasteiger partial charge on any atom is -0.444 e.